The van der Waals surface area contributed by atoms with Crippen LogP contribution in [0.15, 0.2) is 10.9 Å². The van der Waals surface area contributed by atoms with Gasteiger partial charge in [-0.25, -0.2) is 9.78 Å². The number of aromatic nitrogens is 1. The van der Waals surface area contributed by atoms with Crippen LogP contribution in [0.5, 0.6) is 0 Å². The molecular weight excluding hydrogens is 278 g/mol. The summed E-state index contributed by atoms with van der Waals surface area (Å²) in [5.41, 5.74) is 2.60. The van der Waals surface area contributed by atoms with Crippen molar-refractivity contribution in [3.63, 3.8) is 0 Å². The lowest BCUT2D eigenvalue weighted by atomic mass is 9.86. The van der Waals surface area contributed by atoms with E-state index in [4.69, 9.17) is 5.11 Å². The molecule has 1 aliphatic carbocycles. The van der Waals surface area contributed by atoms with E-state index in [0.717, 1.165) is 18.5 Å². The average molecular weight is 297 g/mol. The zero-order chi connectivity index (χ0) is 14.5. The predicted molar refractivity (Wildman–Crippen MR) is 75.5 cm³/mol. The van der Waals surface area contributed by atoms with Gasteiger partial charge in [0.2, 0.25) is 0 Å². The number of urea groups is 1. The summed E-state index contributed by atoms with van der Waals surface area (Å²) in [6, 6.07) is -0.218. The summed E-state index contributed by atoms with van der Waals surface area (Å²) < 4.78 is 0. The van der Waals surface area contributed by atoms with Crippen LogP contribution in [0.1, 0.15) is 31.4 Å². The van der Waals surface area contributed by atoms with Crippen molar-refractivity contribution in [1.82, 2.24) is 15.2 Å². The molecule has 1 saturated carbocycles. The van der Waals surface area contributed by atoms with E-state index in [1.807, 2.05) is 5.38 Å². The van der Waals surface area contributed by atoms with Crippen LogP contribution in [-0.4, -0.2) is 40.1 Å². The van der Waals surface area contributed by atoms with Crippen molar-refractivity contribution in [3.05, 3.63) is 16.6 Å². The van der Waals surface area contributed by atoms with E-state index < -0.39 is 5.97 Å². The molecule has 110 valence electrons. The smallest absolute Gasteiger partial charge is 0.317 e. The van der Waals surface area contributed by atoms with Crippen molar-refractivity contribution < 1.29 is 14.7 Å². The molecule has 20 heavy (non-hydrogen) atoms. The Bertz CT molecular complexity index is 463. The number of nitrogens with zero attached hydrogens (tertiary/aromatic N) is 2. The molecule has 7 heteroatoms. The summed E-state index contributed by atoms with van der Waals surface area (Å²) in [6.07, 6.45) is 2.92. The van der Waals surface area contributed by atoms with Crippen molar-refractivity contribution in [2.24, 2.45) is 5.92 Å². The average Bonchev–Trinajstić information content (AvgIpc) is 2.91. The lowest BCUT2D eigenvalue weighted by molar-refractivity contribution is -0.143. The van der Waals surface area contributed by atoms with Gasteiger partial charge in [-0.2, -0.15) is 0 Å². The van der Waals surface area contributed by atoms with Gasteiger partial charge < -0.3 is 15.3 Å². The molecule has 1 aromatic heterocycles. The molecule has 1 fully saturated rings. The molecule has 2 amide bonds. The Labute approximate surface area is 121 Å². The van der Waals surface area contributed by atoms with E-state index in [2.05, 4.69) is 10.3 Å². The van der Waals surface area contributed by atoms with Gasteiger partial charge in [0, 0.05) is 18.5 Å². The van der Waals surface area contributed by atoms with Crippen LogP contribution in [0.4, 0.5) is 4.79 Å². The lowest BCUT2D eigenvalue weighted by Crippen LogP contribution is -2.45. The SMILES string of the molecule is CN(Cc1cscn1)C(=O)NC1CCCC(C(=O)O)C1. The van der Waals surface area contributed by atoms with Crippen LogP contribution in [0, 0.1) is 5.92 Å². The predicted octanol–water partition coefficient (Wildman–Crippen LogP) is 1.93. The second kappa shape index (κ2) is 6.69. The highest BCUT2D eigenvalue weighted by Gasteiger charge is 2.28. The minimum Gasteiger partial charge on any atom is -0.481 e. The Morgan fingerprint density at radius 1 is 1.55 bits per heavy atom. The largest absolute Gasteiger partial charge is 0.481 e. The number of carboxylic acids is 1. The first kappa shape index (κ1) is 14.8. The fraction of sp³-hybridized carbons (Fsp3) is 0.615. The van der Waals surface area contributed by atoms with Gasteiger partial charge >= 0.3 is 12.0 Å². The van der Waals surface area contributed by atoms with Crippen molar-refractivity contribution >= 4 is 23.3 Å². The van der Waals surface area contributed by atoms with Crippen LogP contribution in [0.3, 0.4) is 0 Å². The Morgan fingerprint density at radius 2 is 2.35 bits per heavy atom. The molecule has 2 unspecified atom stereocenters. The number of carbonyl (C=O) groups excluding carboxylic acids is 1. The molecule has 0 spiro atoms. The minimum absolute atomic E-state index is 0.0461. The number of aliphatic carboxylic acids is 1. The number of nitrogens with one attached hydrogen (secondary N) is 1. The number of thiazole rings is 1. The molecule has 0 radical (unpaired) electrons. The summed E-state index contributed by atoms with van der Waals surface area (Å²) >= 11 is 1.50. The maximum absolute atomic E-state index is 12.1. The Kier molecular flexibility index (Phi) is 4.94. The Balaban J connectivity index is 1.82. The van der Waals surface area contributed by atoms with Crippen LogP contribution in [0.2, 0.25) is 0 Å². The summed E-state index contributed by atoms with van der Waals surface area (Å²) in [7, 11) is 1.71. The van der Waals surface area contributed by atoms with Crippen LogP contribution in [-0.2, 0) is 11.3 Å². The van der Waals surface area contributed by atoms with Crippen molar-refractivity contribution in [2.75, 3.05) is 7.05 Å². The molecule has 0 aliphatic heterocycles. The van der Waals surface area contributed by atoms with E-state index in [1.54, 1.807) is 17.5 Å². The van der Waals surface area contributed by atoms with Gasteiger partial charge in [-0.15, -0.1) is 11.3 Å². The van der Waals surface area contributed by atoms with Gasteiger partial charge in [0.15, 0.2) is 0 Å². The first-order chi connectivity index (χ1) is 9.56. The summed E-state index contributed by atoms with van der Waals surface area (Å²) in [4.78, 5) is 28.8. The van der Waals surface area contributed by atoms with Gasteiger partial charge in [-0.1, -0.05) is 6.42 Å². The maximum Gasteiger partial charge on any atom is 0.317 e. The normalized spacial score (nSPS) is 22.2. The zero-order valence-corrected chi connectivity index (χ0v) is 12.2. The molecule has 0 bridgehead atoms. The first-order valence-electron chi connectivity index (χ1n) is 6.67. The number of hydrogen-bond acceptors (Lipinski definition) is 4. The first-order valence-corrected chi connectivity index (χ1v) is 7.62. The molecule has 2 N–H and O–H groups in total. The molecule has 2 atom stereocenters. The van der Waals surface area contributed by atoms with Crippen LogP contribution < -0.4 is 5.32 Å². The zero-order valence-electron chi connectivity index (χ0n) is 11.4. The van der Waals surface area contributed by atoms with Gasteiger partial charge in [0.1, 0.15) is 0 Å². The molecule has 1 aliphatic rings. The number of carbonyl (C=O) groups is 2. The molecule has 0 aromatic carbocycles. The summed E-state index contributed by atoms with van der Waals surface area (Å²) in [5.74, 6) is -1.10. The van der Waals surface area contributed by atoms with Crippen LogP contribution in [0.25, 0.3) is 0 Å². The number of rotatable bonds is 4. The summed E-state index contributed by atoms with van der Waals surface area (Å²) in [6.45, 7) is 0.463. The second-order valence-electron chi connectivity index (χ2n) is 5.18. The number of hydrogen-bond donors (Lipinski definition) is 2. The van der Waals surface area contributed by atoms with E-state index in [0.29, 0.717) is 19.4 Å². The number of carboxylic acid groups (broad SMARTS) is 1. The topological polar surface area (TPSA) is 82.5 Å². The van der Waals surface area contributed by atoms with Gasteiger partial charge in [0.05, 0.1) is 23.7 Å². The monoisotopic (exact) mass is 297 g/mol. The highest BCUT2D eigenvalue weighted by atomic mass is 32.1. The molecule has 0 saturated heterocycles. The third-order valence-electron chi connectivity index (χ3n) is 3.58. The molecule has 6 nitrogen and oxygen atoms in total. The third kappa shape index (κ3) is 3.93. The van der Waals surface area contributed by atoms with Gasteiger partial charge in [-0.3, -0.25) is 4.79 Å². The van der Waals surface area contributed by atoms with E-state index in [9.17, 15) is 9.59 Å². The summed E-state index contributed by atoms with van der Waals surface area (Å²) in [5, 5.41) is 13.9. The maximum atomic E-state index is 12.1. The van der Waals surface area contributed by atoms with Gasteiger partial charge in [0.25, 0.3) is 0 Å². The van der Waals surface area contributed by atoms with E-state index >= 15 is 0 Å². The fourth-order valence-electron chi connectivity index (χ4n) is 2.46. The quantitative estimate of drug-likeness (QED) is 0.889. The van der Waals surface area contributed by atoms with Crippen molar-refractivity contribution in [1.29, 1.82) is 0 Å². The molecule has 1 aromatic rings. The highest BCUT2D eigenvalue weighted by Crippen LogP contribution is 2.24. The standard InChI is InChI=1S/C13H19N3O3S/c1-16(6-11-7-20-8-14-11)13(19)15-10-4-2-3-9(5-10)12(17)18/h7-10H,2-6H2,1H3,(H,15,19)(H,17,18). The minimum atomic E-state index is -0.764. The lowest BCUT2D eigenvalue weighted by Gasteiger charge is -2.29. The van der Waals surface area contributed by atoms with Crippen molar-refractivity contribution in [3.8, 4) is 0 Å². The van der Waals surface area contributed by atoms with Gasteiger partial charge in [-0.05, 0) is 19.3 Å². The molecular formula is C13H19N3O3S. The second-order valence-corrected chi connectivity index (χ2v) is 5.90. The third-order valence-corrected chi connectivity index (χ3v) is 4.22. The van der Waals surface area contributed by atoms with Crippen molar-refractivity contribution in [2.45, 2.75) is 38.3 Å². The Morgan fingerprint density at radius 3 is 3.00 bits per heavy atom. The Hall–Kier alpha value is -1.63. The number of amides is 2. The highest BCUT2D eigenvalue weighted by molar-refractivity contribution is 7.07. The molecule has 2 rings (SSSR count). The van der Waals surface area contributed by atoms with E-state index in [1.165, 1.54) is 11.3 Å². The molecule has 1 heterocycles. The van der Waals surface area contributed by atoms with Crippen LogP contribution >= 0.6 is 11.3 Å². The van der Waals surface area contributed by atoms with E-state index in [-0.39, 0.29) is 18.0 Å². The fourth-order valence-corrected chi connectivity index (χ4v) is 3.01.